The molecular formula is C25H38N4O2S. The Morgan fingerprint density at radius 2 is 1.75 bits per heavy atom. The van der Waals surface area contributed by atoms with Crippen LogP contribution in [0.25, 0.3) is 0 Å². The number of ether oxygens (including phenoxy) is 1. The maximum absolute atomic E-state index is 12.7. The minimum atomic E-state index is -0.247. The molecule has 1 heterocycles. The van der Waals surface area contributed by atoms with E-state index in [0.29, 0.717) is 17.9 Å². The fourth-order valence-corrected chi connectivity index (χ4v) is 4.89. The number of hydrogen-bond acceptors (Lipinski definition) is 5. The van der Waals surface area contributed by atoms with Gasteiger partial charge in [-0.05, 0) is 56.2 Å². The van der Waals surface area contributed by atoms with Crippen molar-refractivity contribution in [1.82, 2.24) is 20.1 Å². The molecule has 0 bridgehead atoms. The van der Waals surface area contributed by atoms with Gasteiger partial charge in [0.2, 0.25) is 5.91 Å². The lowest BCUT2D eigenvalue weighted by Crippen LogP contribution is -2.37. The second-order valence-electron chi connectivity index (χ2n) is 9.58. The zero-order valence-electron chi connectivity index (χ0n) is 20.3. The largest absolute Gasteiger partial charge is 0.483 e. The van der Waals surface area contributed by atoms with E-state index in [-0.39, 0.29) is 17.3 Å². The number of carbonyl (C=O) groups is 1. The first kappa shape index (κ1) is 24.6. The first-order chi connectivity index (χ1) is 15.2. The topological polar surface area (TPSA) is 69.0 Å². The fourth-order valence-electron chi connectivity index (χ4n) is 4.01. The molecule has 1 N–H and O–H groups in total. The minimum absolute atomic E-state index is 0.0806. The summed E-state index contributed by atoms with van der Waals surface area (Å²) in [5, 5.41) is 12.6. The first-order valence-electron chi connectivity index (χ1n) is 11.9. The average molecular weight is 459 g/mol. The Morgan fingerprint density at radius 3 is 2.34 bits per heavy atom. The van der Waals surface area contributed by atoms with Gasteiger partial charge in [-0.3, -0.25) is 4.79 Å². The number of nitrogens with one attached hydrogen (secondary N) is 1. The van der Waals surface area contributed by atoms with Gasteiger partial charge < -0.3 is 14.6 Å². The van der Waals surface area contributed by atoms with Crippen LogP contribution in [-0.4, -0.2) is 32.0 Å². The standard InChI is InChI=1S/C25H38N4O2S/c1-16(2)15-29-23(18(5)31-22-13-11-20(12-14-22)17(3)4)27-28-25(29)32-19(6)24(30)26-21-9-7-8-10-21/h11-14,16-19,21H,7-10,15H2,1-6H3,(H,26,30). The van der Waals surface area contributed by atoms with Gasteiger partial charge in [-0.2, -0.15) is 0 Å². The van der Waals surface area contributed by atoms with Gasteiger partial charge in [-0.25, -0.2) is 0 Å². The summed E-state index contributed by atoms with van der Waals surface area (Å²) in [5.74, 6) is 2.60. The number of thioether (sulfide) groups is 1. The lowest BCUT2D eigenvalue weighted by molar-refractivity contribution is -0.120. The first-order valence-corrected chi connectivity index (χ1v) is 12.8. The lowest BCUT2D eigenvalue weighted by atomic mass is 10.0. The maximum atomic E-state index is 12.7. The molecule has 1 aliphatic carbocycles. The molecule has 0 radical (unpaired) electrons. The molecule has 0 saturated heterocycles. The van der Waals surface area contributed by atoms with Crippen LogP contribution in [0.4, 0.5) is 0 Å². The van der Waals surface area contributed by atoms with Crippen molar-refractivity contribution >= 4 is 17.7 Å². The smallest absolute Gasteiger partial charge is 0.233 e. The number of hydrogen-bond donors (Lipinski definition) is 1. The second-order valence-corrected chi connectivity index (χ2v) is 10.9. The molecule has 1 aromatic carbocycles. The predicted octanol–water partition coefficient (Wildman–Crippen LogP) is 5.74. The third kappa shape index (κ3) is 6.50. The number of carbonyl (C=O) groups excluding carboxylic acids is 1. The molecule has 1 amide bonds. The third-order valence-electron chi connectivity index (χ3n) is 5.87. The normalized spacial score (nSPS) is 16.5. The summed E-state index contributed by atoms with van der Waals surface area (Å²) in [6.45, 7) is 13.4. The van der Waals surface area contributed by atoms with Crippen molar-refractivity contribution in [3.63, 3.8) is 0 Å². The fraction of sp³-hybridized carbons (Fsp3) is 0.640. The Hall–Kier alpha value is -2.02. The third-order valence-corrected chi connectivity index (χ3v) is 6.95. The zero-order valence-corrected chi connectivity index (χ0v) is 21.1. The van der Waals surface area contributed by atoms with E-state index in [1.165, 1.54) is 30.2 Å². The van der Waals surface area contributed by atoms with Crippen molar-refractivity contribution < 1.29 is 9.53 Å². The summed E-state index contributed by atoms with van der Waals surface area (Å²) >= 11 is 1.48. The molecule has 1 fully saturated rings. The van der Waals surface area contributed by atoms with Crippen molar-refractivity contribution in [2.24, 2.45) is 5.92 Å². The number of amides is 1. The molecule has 2 unspecified atom stereocenters. The minimum Gasteiger partial charge on any atom is -0.483 e. The molecule has 6 nitrogen and oxygen atoms in total. The van der Waals surface area contributed by atoms with E-state index < -0.39 is 0 Å². The van der Waals surface area contributed by atoms with Crippen molar-refractivity contribution in [2.45, 2.75) is 102 Å². The van der Waals surface area contributed by atoms with Crippen LogP contribution < -0.4 is 10.1 Å². The van der Waals surface area contributed by atoms with Gasteiger partial charge in [-0.1, -0.05) is 64.4 Å². The summed E-state index contributed by atoms with van der Waals surface area (Å²) in [4.78, 5) is 12.7. The second kappa shape index (κ2) is 11.2. The number of benzene rings is 1. The number of nitrogens with zero attached hydrogens (tertiary/aromatic N) is 3. The van der Waals surface area contributed by atoms with Crippen LogP contribution in [-0.2, 0) is 11.3 Å². The van der Waals surface area contributed by atoms with E-state index in [4.69, 9.17) is 4.74 Å². The van der Waals surface area contributed by atoms with Crippen molar-refractivity contribution in [3.8, 4) is 5.75 Å². The van der Waals surface area contributed by atoms with Crippen LogP contribution in [0.15, 0.2) is 29.4 Å². The van der Waals surface area contributed by atoms with Crippen LogP contribution in [0.1, 0.15) is 90.6 Å². The van der Waals surface area contributed by atoms with E-state index in [1.54, 1.807) is 0 Å². The predicted molar refractivity (Wildman–Crippen MR) is 130 cm³/mol. The molecular weight excluding hydrogens is 420 g/mol. The molecule has 2 atom stereocenters. The molecule has 176 valence electrons. The highest BCUT2D eigenvalue weighted by molar-refractivity contribution is 8.00. The number of aromatic nitrogens is 3. The SMILES string of the molecule is CC(C)Cn1c(SC(C)C(=O)NC2CCCC2)nnc1C(C)Oc1ccc(C(C)C)cc1. The highest BCUT2D eigenvalue weighted by atomic mass is 32.2. The van der Waals surface area contributed by atoms with Gasteiger partial charge in [0.25, 0.3) is 0 Å². The Bertz CT molecular complexity index is 873. The molecule has 2 aromatic rings. The van der Waals surface area contributed by atoms with E-state index in [1.807, 2.05) is 26.0 Å². The van der Waals surface area contributed by atoms with E-state index in [9.17, 15) is 4.79 Å². The van der Waals surface area contributed by atoms with Crippen LogP contribution in [0, 0.1) is 5.92 Å². The summed E-state index contributed by atoms with van der Waals surface area (Å²) in [6, 6.07) is 8.57. The van der Waals surface area contributed by atoms with Crippen LogP contribution in [0.2, 0.25) is 0 Å². The van der Waals surface area contributed by atoms with Crippen molar-refractivity contribution in [3.05, 3.63) is 35.7 Å². The van der Waals surface area contributed by atoms with Gasteiger partial charge >= 0.3 is 0 Å². The van der Waals surface area contributed by atoms with Gasteiger partial charge in [0.15, 0.2) is 17.1 Å². The average Bonchev–Trinajstić information content (AvgIpc) is 3.38. The quantitative estimate of drug-likeness (QED) is 0.460. The van der Waals surface area contributed by atoms with Crippen molar-refractivity contribution in [2.75, 3.05) is 0 Å². The molecule has 3 rings (SSSR count). The molecule has 0 spiro atoms. The highest BCUT2D eigenvalue weighted by Crippen LogP contribution is 2.29. The Kier molecular flexibility index (Phi) is 8.63. The Balaban J connectivity index is 1.71. The molecule has 0 aliphatic heterocycles. The highest BCUT2D eigenvalue weighted by Gasteiger charge is 2.26. The van der Waals surface area contributed by atoms with Gasteiger partial charge in [0.05, 0.1) is 5.25 Å². The Morgan fingerprint density at radius 1 is 1.09 bits per heavy atom. The Labute approximate surface area is 196 Å². The van der Waals surface area contributed by atoms with Crippen LogP contribution >= 0.6 is 11.8 Å². The van der Waals surface area contributed by atoms with E-state index in [0.717, 1.165) is 36.1 Å². The monoisotopic (exact) mass is 458 g/mol. The maximum Gasteiger partial charge on any atom is 0.233 e. The zero-order chi connectivity index (χ0) is 23.3. The van der Waals surface area contributed by atoms with Crippen LogP contribution in [0.5, 0.6) is 5.75 Å². The molecule has 1 aliphatic rings. The van der Waals surface area contributed by atoms with E-state index >= 15 is 0 Å². The number of rotatable bonds is 10. The van der Waals surface area contributed by atoms with Gasteiger partial charge in [0.1, 0.15) is 5.75 Å². The van der Waals surface area contributed by atoms with E-state index in [2.05, 4.69) is 59.9 Å². The summed E-state index contributed by atoms with van der Waals surface area (Å²) in [6.07, 6.45) is 4.34. The van der Waals surface area contributed by atoms with Crippen LogP contribution in [0.3, 0.4) is 0 Å². The lowest BCUT2D eigenvalue weighted by Gasteiger charge is -2.19. The summed E-state index contributed by atoms with van der Waals surface area (Å²) in [7, 11) is 0. The molecule has 32 heavy (non-hydrogen) atoms. The van der Waals surface area contributed by atoms with Gasteiger partial charge in [-0.15, -0.1) is 10.2 Å². The summed E-state index contributed by atoms with van der Waals surface area (Å²) < 4.78 is 8.31. The molecule has 1 saturated carbocycles. The van der Waals surface area contributed by atoms with Crippen molar-refractivity contribution in [1.29, 1.82) is 0 Å². The summed E-state index contributed by atoms with van der Waals surface area (Å²) in [5.41, 5.74) is 1.29. The molecule has 7 heteroatoms. The molecule has 1 aromatic heterocycles. The van der Waals surface area contributed by atoms with Gasteiger partial charge in [0, 0.05) is 12.6 Å².